The van der Waals surface area contributed by atoms with Gasteiger partial charge in [-0.2, -0.15) is 0 Å². The molecule has 1 saturated carbocycles. The highest BCUT2D eigenvalue weighted by Gasteiger charge is 2.53. The van der Waals surface area contributed by atoms with Crippen molar-refractivity contribution in [3.8, 4) is 11.5 Å². The van der Waals surface area contributed by atoms with Crippen LogP contribution in [0.15, 0.2) is 29.3 Å². The predicted molar refractivity (Wildman–Crippen MR) is 106 cm³/mol. The number of Topliss-reactive ketones (excluding diaryl/α,β-unsaturated/α-hetero) is 1. The Morgan fingerprint density at radius 1 is 1.07 bits per heavy atom. The molecule has 1 aromatic rings. The van der Waals surface area contributed by atoms with Crippen LogP contribution in [0.5, 0.6) is 11.5 Å². The van der Waals surface area contributed by atoms with Gasteiger partial charge in [-0.3, -0.25) is 4.79 Å². The summed E-state index contributed by atoms with van der Waals surface area (Å²) in [6.07, 6.45) is 3.38. The number of methoxy groups -OCH3 is 2. The fourth-order valence-corrected chi connectivity index (χ4v) is 5.54. The van der Waals surface area contributed by atoms with E-state index in [4.69, 9.17) is 9.47 Å². The van der Waals surface area contributed by atoms with Crippen LogP contribution in [0.3, 0.4) is 0 Å². The molecule has 2 aliphatic rings. The highest BCUT2D eigenvalue weighted by atomic mass is 16.5. The average molecular weight is 373 g/mol. The van der Waals surface area contributed by atoms with Crippen LogP contribution < -0.4 is 9.47 Å². The lowest BCUT2D eigenvalue weighted by Gasteiger charge is -2.55. The fraction of sp³-hybridized carbons (Fsp3) is 0.609. The van der Waals surface area contributed by atoms with Crippen LogP contribution in [0.25, 0.3) is 0 Å². The minimum atomic E-state index is -0.563. The van der Waals surface area contributed by atoms with Gasteiger partial charge in [0.05, 0.1) is 20.3 Å². The molecule has 0 amide bonds. The highest BCUT2D eigenvalue weighted by molar-refractivity contribution is 6.10. The Hall–Kier alpha value is -1.81. The first kappa shape index (κ1) is 19.9. The minimum Gasteiger partial charge on any atom is -0.497 e. The molecule has 3 rings (SSSR count). The van der Waals surface area contributed by atoms with E-state index in [9.17, 15) is 9.90 Å². The van der Waals surface area contributed by atoms with Crippen molar-refractivity contribution in [2.24, 2.45) is 16.7 Å². The van der Waals surface area contributed by atoms with Gasteiger partial charge in [-0.1, -0.05) is 27.2 Å². The lowest BCUT2D eigenvalue weighted by molar-refractivity contribution is -0.0183. The summed E-state index contributed by atoms with van der Waals surface area (Å²) < 4.78 is 10.7. The first-order valence-corrected chi connectivity index (χ1v) is 9.81. The van der Waals surface area contributed by atoms with Gasteiger partial charge in [0.2, 0.25) is 0 Å². The molecule has 0 spiro atoms. The minimum absolute atomic E-state index is 0.0198. The normalized spacial score (nSPS) is 29.9. The molecule has 1 fully saturated rings. The van der Waals surface area contributed by atoms with Gasteiger partial charge < -0.3 is 14.6 Å². The Morgan fingerprint density at radius 2 is 1.67 bits per heavy atom. The molecule has 3 atom stereocenters. The van der Waals surface area contributed by atoms with Crippen LogP contribution in [-0.4, -0.2) is 31.2 Å². The quantitative estimate of drug-likeness (QED) is 0.771. The molecule has 0 aromatic heterocycles. The summed E-state index contributed by atoms with van der Waals surface area (Å²) in [7, 11) is 3.16. The number of allylic oxidation sites excluding steroid dienone is 1. The SMILES string of the molecule is COc1cc(OC)cc(C(=O)C2=C(C)[C@H](O)C[C@H]3C(C)(C)CCC[C@]23C)c1. The molecule has 148 valence electrons. The van der Waals surface area contributed by atoms with Crippen molar-refractivity contribution in [1.82, 2.24) is 0 Å². The van der Waals surface area contributed by atoms with Gasteiger partial charge in [0.1, 0.15) is 11.5 Å². The van der Waals surface area contributed by atoms with E-state index < -0.39 is 6.10 Å². The Bertz CT molecular complexity index is 754. The molecule has 4 heteroatoms. The van der Waals surface area contributed by atoms with Crippen LogP contribution in [0.4, 0.5) is 0 Å². The zero-order chi connectivity index (χ0) is 20.0. The van der Waals surface area contributed by atoms with Crippen molar-refractivity contribution in [1.29, 1.82) is 0 Å². The van der Waals surface area contributed by atoms with Gasteiger partial charge >= 0.3 is 0 Å². The second-order valence-corrected chi connectivity index (χ2v) is 9.05. The second kappa shape index (κ2) is 6.97. The van der Waals surface area contributed by atoms with E-state index in [1.54, 1.807) is 32.4 Å². The van der Waals surface area contributed by atoms with Crippen molar-refractivity contribution in [3.05, 3.63) is 34.9 Å². The zero-order valence-electron chi connectivity index (χ0n) is 17.4. The molecular weight excluding hydrogens is 340 g/mol. The number of aliphatic hydroxyl groups excluding tert-OH is 1. The number of aliphatic hydroxyl groups is 1. The van der Waals surface area contributed by atoms with Gasteiger partial charge in [0.15, 0.2) is 5.78 Å². The summed E-state index contributed by atoms with van der Waals surface area (Å²) in [5.74, 6) is 1.45. The van der Waals surface area contributed by atoms with E-state index in [-0.39, 0.29) is 22.5 Å². The molecule has 0 aliphatic heterocycles. The second-order valence-electron chi connectivity index (χ2n) is 9.05. The van der Waals surface area contributed by atoms with E-state index in [2.05, 4.69) is 20.8 Å². The van der Waals surface area contributed by atoms with Gasteiger partial charge in [-0.05, 0) is 60.6 Å². The molecule has 1 aromatic carbocycles. The average Bonchev–Trinajstić information content (AvgIpc) is 2.63. The van der Waals surface area contributed by atoms with Crippen LogP contribution in [0, 0.1) is 16.7 Å². The maximum Gasteiger partial charge on any atom is 0.189 e. The Kier molecular flexibility index (Phi) is 5.15. The van der Waals surface area contributed by atoms with E-state index in [0.717, 1.165) is 36.8 Å². The number of rotatable bonds is 4. The van der Waals surface area contributed by atoms with E-state index >= 15 is 0 Å². The van der Waals surface area contributed by atoms with Crippen LogP contribution in [0.1, 0.15) is 63.7 Å². The number of benzene rings is 1. The third-order valence-electron chi connectivity index (χ3n) is 6.99. The number of hydrogen-bond donors (Lipinski definition) is 1. The number of ether oxygens (including phenoxy) is 2. The van der Waals surface area contributed by atoms with Crippen LogP contribution in [-0.2, 0) is 0 Å². The molecule has 1 N–H and O–H groups in total. The van der Waals surface area contributed by atoms with Crippen molar-refractivity contribution in [2.75, 3.05) is 14.2 Å². The zero-order valence-corrected chi connectivity index (χ0v) is 17.4. The summed E-state index contributed by atoms with van der Waals surface area (Å²) in [5.41, 5.74) is 2.04. The third-order valence-corrected chi connectivity index (χ3v) is 6.99. The van der Waals surface area contributed by atoms with Gasteiger partial charge in [-0.25, -0.2) is 0 Å². The molecular formula is C23H32O4. The molecule has 0 saturated heterocycles. The molecule has 0 radical (unpaired) electrons. The van der Waals surface area contributed by atoms with E-state index in [1.165, 1.54) is 0 Å². The van der Waals surface area contributed by atoms with Gasteiger partial charge in [0.25, 0.3) is 0 Å². The summed E-state index contributed by atoms with van der Waals surface area (Å²) in [6.45, 7) is 8.69. The summed E-state index contributed by atoms with van der Waals surface area (Å²) in [6, 6.07) is 5.29. The first-order valence-electron chi connectivity index (χ1n) is 9.81. The topological polar surface area (TPSA) is 55.8 Å². The van der Waals surface area contributed by atoms with Crippen molar-refractivity contribution < 1.29 is 19.4 Å². The predicted octanol–water partition coefficient (Wildman–Crippen LogP) is 4.80. The van der Waals surface area contributed by atoms with E-state index in [0.29, 0.717) is 17.1 Å². The Labute approximate surface area is 162 Å². The number of ketones is 1. The standard InChI is InChI=1S/C23H32O4/c1-14-18(24)13-19-22(2,3)8-7-9-23(19,4)20(14)21(25)15-10-16(26-5)12-17(11-15)27-6/h10-12,18-19,24H,7-9,13H2,1-6H3/t18-,19+,23+/m1/s1. The number of carbonyl (C=O) groups excluding carboxylic acids is 1. The Balaban J connectivity index is 2.13. The third kappa shape index (κ3) is 3.29. The molecule has 2 aliphatic carbocycles. The van der Waals surface area contributed by atoms with Gasteiger partial charge in [0, 0.05) is 17.2 Å². The molecule has 0 heterocycles. The monoisotopic (exact) mass is 372 g/mol. The summed E-state index contributed by atoms with van der Waals surface area (Å²) >= 11 is 0. The molecule has 0 bridgehead atoms. The first-order chi connectivity index (χ1) is 12.6. The maximum atomic E-state index is 13.7. The Morgan fingerprint density at radius 3 is 2.22 bits per heavy atom. The lowest BCUT2D eigenvalue weighted by atomic mass is 9.49. The van der Waals surface area contributed by atoms with Crippen molar-refractivity contribution >= 4 is 5.78 Å². The van der Waals surface area contributed by atoms with Crippen molar-refractivity contribution in [3.63, 3.8) is 0 Å². The molecule has 4 nitrogen and oxygen atoms in total. The van der Waals surface area contributed by atoms with Crippen LogP contribution >= 0.6 is 0 Å². The molecule has 27 heavy (non-hydrogen) atoms. The summed E-state index contributed by atoms with van der Waals surface area (Å²) in [4.78, 5) is 13.7. The molecule has 0 unspecified atom stereocenters. The van der Waals surface area contributed by atoms with Crippen molar-refractivity contribution in [2.45, 2.75) is 59.5 Å². The smallest absolute Gasteiger partial charge is 0.189 e. The number of carbonyl (C=O) groups is 1. The maximum absolute atomic E-state index is 13.7. The largest absolute Gasteiger partial charge is 0.497 e. The summed E-state index contributed by atoms with van der Waals surface area (Å²) in [5, 5.41) is 10.8. The fourth-order valence-electron chi connectivity index (χ4n) is 5.54. The van der Waals surface area contributed by atoms with Gasteiger partial charge in [-0.15, -0.1) is 0 Å². The van der Waals surface area contributed by atoms with Crippen LogP contribution in [0.2, 0.25) is 0 Å². The van der Waals surface area contributed by atoms with E-state index in [1.807, 2.05) is 6.92 Å². The number of hydrogen-bond acceptors (Lipinski definition) is 4. The highest BCUT2D eigenvalue weighted by Crippen LogP contribution is 2.60. The lowest BCUT2D eigenvalue weighted by Crippen LogP contribution is -2.50. The number of fused-ring (bicyclic) bond motifs is 1.